The minimum absolute atomic E-state index is 0.182. The van der Waals surface area contributed by atoms with E-state index in [4.69, 9.17) is 21.4 Å². The van der Waals surface area contributed by atoms with E-state index in [0.717, 1.165) is 48.1 Å². The van der Waals surface area contributed by atoms with Crippen LogP contribution in [-0.4, -0.2) is 43.0 Å². The molecule has 1 N–H and O–H groups in total. The fraction of sp³-hybridized carbons (Fsp3) is 0.333. The van der Waals surface area contributed by atoms with Crippen LogP contribution in [0, 0.1) is 6.07 Å². The normalized spacial score (nSPS) is 15.8. The molecule has 0 unspecified atom stereocenters. The highest BCUT2D eigenvalue weighted by molar-refractivity contribution is 6.33. The number of rotatable bonds is 7. The number of amides is 2. The molecule has 0 saturated carbocycles. The molecule has 0 spiro atoms. The van der Waals surface area contributed by atoms with Gasteiger partial charge in [0.05, 0.1) is 11.6 Å². The molecule has 2 aliphatic rings. The molecule has 1 saturated heterocycles. The van der Waals surface area contributed by atoms with Gasteiger partial charge in [-0.3, -0.25) is 9.59 Å². The number of fused-ring (bicyclic) bond motifs is 1. The van der Waals surface area contributed by atoms with Gasteiger partial charge >= 0.3 is 0 Å². The molecule has 0 aromatic heterocycles. The Morgan fingerprint density at radius 1 is 1.29 bits per heavy atom. The summed E-state index contributed by atoms with van der Waals surface area (Å²) in [6.45, 7) is 2.53. The molecule has 0 aliphatic carbocycles. The highest BCUT2D eigenvalue weighted by atomic mass is 35.5. The van der Waals surface area contributed by atoms with Crippen molar-refractivity contribution in [1.82, 2.24) is 10.2 Å². The topological polar surface area (TPSA) is 67.9 Å². The number of nitrogens with one attached hydrogen (secondary N) is 1. The molecule has 2 amide bonds. The van der Waals surface area contributed by atoms with E-state index in [1.807, 2.05) is 29.2 Å². The molecule has 7 heteroatoms. The summed E-state index contributed by atoms with van der Waals surface area (Å²) in [5.41, 5.74) is 3.62. The smallest absolute Gasteiger partial charge is 0.244 e. The first kappa shape index (κ1) is 21.4. The van der Waals surface area contributed by atoms with Gasteiger partial charge in [0.2, 0.25) is 11.8 Å². The molecule has 0 bridgehead atoms. The van der Waals surface area contributed by atoms with Gasteiger partial charge in [0.1, 0.15) is 0 Å². The van der Waals surface area contributed by atoms with Crippen LogP contribution in [-0.2, 0) is 20.9 Å². The van der Waals surface area contributed by atoms with Crippen LogP contribution in [0.5, 0.6) is 5.75 Å². The van der Waals surface area contributed by atoms with Crippen molar-refractivity contribution in [2.24, 2.45) is 0 Å². The predicted molar refractivity (Wildman–Crippen MR) is 118 cm³/mol. The van der Waals surface area contributed by atoms with Gasteiger partial charge < -0.3 is 15.1 Å². The lowest BCUT2D eigenvalue weighted by Gasteiger charge is -2.17. The molecule has 2 aromatic rings. The van der Waals surface area contributed by atoms with Crippen molar-refractivity contribution < 1.29 is 19.4 Å². The van der Waals surface area contributed by atoms with E-state index in [1.54, 1.807) is 12.1 Å². The second-order valence-corrected chi connectivity index (χ2v) is 7.94. The van der Waals surface area contributed by atoms with E-state index >= 15 is 0 Å². The lowest BCUT2D eigenvalue weighted by molar-refractivity contribution is -0.215. The summed E-state index contributed by atoms with van der Waals surface area (Å²) in [7, 11) is 0. The molecule has 2 heterocycles. The average molecular weight is 440 g/mol. The van der Waals surface area contributed by atoms with Crippen molar-refractivity contribution in [3.05, 3.63) is 58.6 Å². The second kappa shape index (κ2) is 9.98. The van der Waals surface area contributed by atoms with Gasteiger partial charge in [0, 0.05) is 55.7 Å². The second-order valence-electron chi connectivity index (χ2n) is 7.56. The Balaban J connectivity index is 1.40. The van der Waals surface area contributed by atoms with Gasteiger partial charge in [-0.2, -0.15) is 4.89 Å². The van der Waals surface area contributed by atoms with Gasteiger partial charge in [-0.15, -0.1) is 0 Å². The maximum atomic E-state index is 12.3. The summed E-state index contributed by atoms with van der Waals surface area (Å²) in [6.07, 6.45) is 6.33. The molecule has 31 heavy (non-hydrogen) atoms. The fourth-order valence-corrected chi connectivity index (χ4v) is 4.12. The van der Waals surface area contributed by atoms with Gasteiger partial charge in [0.15, 0.2) is 5.75 Å². The van der Waals surface area contributed by atoms with E-state index in [2.05, 4.69) is 11.4 Å². The highest BCUT2D eigenvalue weighted by Crippen LogP contribution is 2.35. The minimum atomic E-state index is -0.182. The van der Waals surface area contributed by atoms with Crippen molar-refractivity contribution in [1.29, 1.82) is 0 Å². The van der Waals surface area contributed by atoms with Crippen molar-refractivity contribution in [2.75, 3.05) is 26.2 Å². The van der Waals surface area contributed by atoms with E-state index in [0.29, 0.717) is 36.9 Å². The van der Waals surface area contributed by atoms with Crippen LogP contribution in [0.2, 0.25) is 5.02 Å². The standard InChI is InChI=1S/C24H24ClN2O4/c25-20-5-1-4-17(24(20)19-7-9-21-18(16-19)11-15-30-31-21)8-10-22(28)26-12-3-14-27-13-2-6-23(27)29/h1,4,7-10,16H,2-3,6,11-15H2,(H,26,28)/b10-8+. The maximum absolute atomic E-state index is 12.3. The molecule has 2 aromatic carbocycles. The minimum Gasteiger partial charge on any atom is -0.352 e. The van der Waals surface area contributed by atoms with Crippen LogP contribution >= 0.6 is 11.6 Å². The molecule has 161 valence electrons. The number of carbonyl (C=O) groups excluding carboxylic acids is 2. The Hall–Kier alpha value is -2.83. The number of benzene rings is 2. The van der Waals surface area contributed by atoms with Crippen LogP contribution in [0.1, 0.15) is 30.4 Å². The Morgan fingerprint density at radius 3 is 3.03 bits per heavy atom. The third-order valence-corrected chi connectivity index (χ3v) is 5.72. The number of nitrogens with zero attached hydrogens (tertiary/aromatic N) is 1. The number of carbonyl (C=O) groups is 2. The molecule has 1 radical (unpaired) electrons. The average Bonchev–Trinajstić information content (AvgIpc) is 3.19. The van der Waals surface area contributed by atoms with Gasteiger partial charge in [-0.25, -0.2) is 0 Å². The number of hydrogen-bond donors (Lipinski definition) is 1. The van der Waals surface area contributed by atoms with E-state index < -0.39 is 0 Å². The number of likely N-dealkylation sites (tertiary alicyclic amines) is 1. The van der Waals surface area contributed by atoms with Crippen molar-refractivity contribution in [3.8, 4) is 16.9 Å². The first-order chi connectivity index (χ1) is 15.1. The Kier molecular flexibility index (Phi) is 6.89. The quantitative estimate of drug-likeness (QED) is 0.404. The predicted octanol–water partition coefficient (Wildman–Crippen LogP) is 3.82. The molecule has 2 aliphatic heterocycles. The number of halogens is 1. The summed E-state index contributed by atoms with van der Waals surface area (Å²) in [6, 6.07) is 12.4. The van der Waals surface area contributed by atoms with Crippen molar-refractivity contribution >= 4 is 29.5 Å². The van der Waals surface area contributed by atoms with Crippen LogP contribution in [0.15, 0.2) is 36.4 Å². The SMILES string of the molecule is O=C(/C=C/c1cc[c]c(Cl)c1-c1ccc2c(c1)CCOO2)NCCCN1CCCC1=O. The van der Waals surface area contributed by atoms with E-state index in [1.165, 1.54) is 6.08 Å². The van der Waals surface area contributed by atoms with E-state index in [9.17, 15) is 9.59 Å². The molecule has 6 nitrogen and oxygen atoms in total. The maximum Gasteiger partial charge on any atom is 0.244 e. The van der Waals surface area contributed by atoms with Crippen LogP contribution in [0.25, 0.3) is 17.2 Å². The third kappa shape index (κ3) is 5.27. The first-order valence-electron chi connectivity index (χ1n) is 10.5. The monoisotopic (exact) mass is 439 g/mol. The van der Waals surface area contributed by atoms with Crippen LogP contribution < -0.4 is 10.2 Å². The molecule has 1 fully saturated rings. The molecular weight excluding hydrogens is 416 g/mol. The first-order valence-corrected chi connectivity index (χ1v) is 10.9. The molecule has 4 rings (SSSR count). The van der Waals surface area contributed by atoms with Gasteiger partial charge in [-0.05, 0) is 42.2 Å². The zero-order valence-corrected chi connectivity index (χ0v) is 17.9. The zero-order valence-electron chi connectivity index (χ0n) is 17.2. The fourth-order valence-electron chi connectivity index (χ4n) is 3.83. The van der Waals surface area contributed by atoms with Crippen LogP contribution in [0.3, 0.4) is 0 Å². The Morgan fingerprint density at radius 2 is 2.19 bits per heavy atom. The van der Waals surface area contributed by atoms with E-state index in [-0.39, 0.29) is 11.8 Å². The number of hydrogen-bond acceptors (Lipinski definition) is 4. The lowest BCUT2D eigenvalue weighted by Crippen LogP contribution is -2.29. The van der Waals surface area contributed by atoms with Crippen LogP contribution in [0.4, 0.5) is 0 Å². The van der Waals surface area contributed by atoms with Crippen molar-refractivity contribution in [2.45, 2.75) is 25.7 Å². The van der Waals surface area contributed by atoms with Gasteiger partial charge in [0.25, 0.3) is 0 Å². The Bertz CT molecular complexity index is 1010. The third-order valence-electron chi connectivity index (χ3n) is 5.42. The lowest BCUT2D eigenvalue weighted by atomic mass is 9.96. The zero-order chi connectivity index (χ0) is 21.6. The Labute approximate surface area is 186 Å². The molecular formula is C24H24ClN2O4. The molecule has 0 atom stereocenters. The summed E-state index contributed by atoms with van der Waals surface area (Å²) >= 11 is 6.46. The largest absolute Gasteiger partial charge is 0.352 e. The van der Waals surface area contributed by atoms with Gasteiger partial charge in [-0.1, -0.05) is 29.8 Å². The van der Waals surface area contributed by atoms with Crippen molar-refractivity contribution in [3.63, 3.8) is 0 Å². The summed E-state index contributed by atoms with van der Waals surface area (Å²) < 4.78 is 0. The summed E-state index contributed by atoms with van der Waals surface area (Å²) in [5, 5.41) is 3.36. The summed E-state index contributed by atoms with van der Waals surface area (Å²) in [4.78, 5) is 36.0. The highest BCUT2D eigenvalue weighted by Gasteiger charge is 2.19. The summed E-state index contributed by atoms with van der Waals surface area (Å²) in [5.74, 6) is 0.731.